The topological polar surface area (TPSA) is 29.1 Å². The maximum absolute atomic E-state index is 11.5. The second-order valence-electron chi connectivity index (χ2n) is 3.73. The fourth-order valence-corrected chi connectivity index (χ4v) is 1.03. The Bertz CT molecular complexity index is 306. The number of rotatable bonds is 3. The Balaban J connectivity index is 2.57. The van der Waals surface area contributed by atoms with Crippen LogP contribution < -0.4 is 10.8 Å². The molecule has 0 spiro atoms. The van der Waals surface area contributed by atoms with Gasteiger partial charge in [-0.2, -0.15) is 0 Å². The van der Waals surface area contributed by atoms with Crippen LogP contribution in [0.2, 0.25) is 0 Å². The van der Waals surface area contributed by atoms with Crippen LogP contribution in [-0.4, -0.2) is 20.3 Å². The molecule has 0 heterocycles. The van der Waals surface area contributed by atoms with Gasteiger partial charge < -0.3 is 5.32 Å². The number of carbonyl (C=O) groups is 1. The predicted octanol–water partition coefficient (Wildman–Crippen LogP) is 0.866. The summed E-state index contributed by atoms with van der Waals surface area (Å²) in [7, 11) is 5.52. The van der Waals surface area contributed by atoms with Crippen LogP contribution >= 0.6 is 0 Å². The summed E-state index contributed by atoms with van der Waals surface area (Å²) in [6, 6.07) is 6.91. The van der Waals surface area contributed by atoms with E-state index in [9.17, 15) is 4.79 Å². The lowest BCUT2D eigenvalue weighted by Gasteiger charge is -2.07. The minimum atomic E-state index is -0.0429. The first kappa shape index (κ1) is 10.8. The molecule has 14 heavy (non-hydrogen) atoms. The lowest BCUT2D eigenvalue weighted by atomic mass is 9.95. The Morgan fingerprint density at radius 2 is 1.93 bits per heavy atom. The minimum absolute atomic E-state index is 0.0429. The summed E-state index contributed by atoms with van der Waals surface area (Å²) in [5.74, 6) is 0.423. The van der Waals surface area contributed by atoms with Gasteiger partial charge in [-0.05, 0) is 5.92 Å². The minimum Gasteiger partial charge on any atom is -0.352 e. The van der Waals surface area contributed by atoms with E-state index >= 15 is 0 Å². The average Bonchev–Trinajstić information content (AvgIpc) is 2.15. The monoisotopic (exact) mass is 187 g/mol. The third kappa shape index (κ3) is 3.25. The number of nitrogens with one attached hydrogen (secondary N) is 1. The van der Waals surface area contributed by atoms with E-state index in [0.717, 1.165) is 0 Å². The molecular formula is C11H14BNO. The molecule has 72 valence electrons. The molecule has 0 atom stereocenters. The van der Waals surface area contributed by atoms with Crippen LogP contribution in [0.15, 0.2) is 24.3 Å². The van der Waals surface area contributed by atoms with Gasteiger partial charge in [-0.3, -0.25) is 4.79 Å². The van der Waals surface area contributed by atoms with E-state index in [1.165, 1.54) is 0 Å². The number of benzene rings is 1. The van der Waals surface area contributed by atoms with Crippen LogP contribution in [-0.2, 0) is 0 Å². The van der Waals surface area contributed by atoms with E-state index < -0.39 is 0 Å². The Kier molecular flexibility index (Phi) is 3.75. The molecule has 2 radical (unpaired) electrons. The van der Waals surface area contributed by atoms with Crippen molar-refractivity contribution >= 4 is 19.2 Å². The molecule has 0 fully saturated rings. The standard InChI is InChI=1S/C11H14BNO/c1-8(2)7-13-11(14)9-3-5-10(12)6-4-9/h3-6,8H,7H2,1-2H3,(H,13,14). The van der Waals surface area contributed by atoms with Crippen molar-refractivity contribution in [1.29, 1.82) is 0 Å². The summed E-state index contributed by atoms with van der Waals surface area (Å²) in [5.41, 5.74) is 1.32. The molecule has 0 saturated heterocycles. The van der Waals surface area contributed by atoms with Crippen molar-refractivity contribution in [2.75, 3.05) is 6.54 Å². The summed E-state index contributed by atoms with van der Waals surface area (Å²) >= 11 is 0. The number of amides is 1. The van der Waals surface area contributed by atoms with Gasteiger partial charge in [-0.1, -0.05) is 43.6 Å². The summed E-state index contributed by atoms with van der Waals surface area (Å²) < 4.78 is 0. The first-order valence-electron chi connectivity index (χ1n) is 4.73. The number of hydrogen-bond acceptors (Lipinski definition) is 1. The van der Waals surface area contributed by atoms with Crippen LogP contribution in [0.1, 0.15) is 24.2 Å². The van der Waals surface area contributed by atoms with E-state index in [1.54, 1.807) is 24.3 Å². The molecule has 1 aromatic rings. The van der Waals surface area contributed by atoms with E-state index in [2.05, 4.69) is 19.2 Å². The second kappa shape index (κ2) is 4.84. The molecule has 1 rings (SSSR count). The van der Waals surface area contributed by atoms with Gasteiger partial charge in [0.1, 0.15) is 7.85 Å². The maximum atomic E-state index is 11.5. The van der Waals surface area contributed by atoms with Gasteiger partial charge >= 0.3 is 0 Å². The van der Waals surface area contributed by atoms with Gasteiger partial charge in [-0.25, -0.2) is 0 Å². The molecule has 0 aliphatic heterocycles. The number of carbonyl (C=O) groups excluding carboxylic acids is 1. The molecule has 1 aromatic carbocycles. The molecule has 3 heteroatoms. The first-order chi connectivity index (χ1) is 6.59. The second-order valence-corrected chi connectivity index (χ2v) is 3.73. The van der Waals surface area contributed by atoms with Gasteiger partial charge in [0.15, 0.2) is 0 Å². The third-order valence-electron chi connectivity index (χ3n) is 1.84. The normalized spacial score (nSPS) is 10.2. The highest BCUT2D eigenvalue weighted by atomic mass is 16.1. The largest absolute Gasteiger partial charge is 0.352 e. The Hall–Kier alpha value is -1.25. The number of hydrogen-bond donors (Lipinski definition) is 1. The van der Waals surface area contributed by atoms with Gasteiger partial charge in [0.2, 0.25) is 0 Å². The molecular weight excluding hydrogens is 173 g/mol. The Morgan fingerprint density at radius 1 is 1.36 bits per heavy atom. The van der Waals surface area contributed by atoms with Crippen LogP contribution in [0, 0.1) is 5.92 Å². The lowest BCUT2D eigenvalue weighted by Crippen LogP contribution is -2.27. The van der Waals surface area contributed by atoms with Crippen molar-refractivity contribution in [1.82, 2.24) is 5.32 Å². The van der Waals surface area contributed by atoms with Crippen LogP contribution in [0.5, 0.6) is 0 Å². The average molecular weight is 187 g/mol. The SMILES string of the molecule is [B]c1ccc(C(=O)NCC(C)C)cc1. The van der Waals surface area contributed by atoms with E-state index in [1.807, 2.05) is 0 Å². The van der Waals surface area contributed by atoms with Crippen molar-refractivity contribution in [3.05, 3.63) is 29.8 Å². The molecule has 1 amide bonds. The summed E-state index contributed by atoms with van der Waals surface area (Å²) in [6.07, 6.45) is 0. The van der Waals surface area contributed by atoms with Crippen LogP contribution in [0.25, 0.3) is 0 Å². The van der Waals surface area contributed by atoms with E-state index in [-0.39, 0.29) is 5.91 Å². The zero-order valence-corrected chi connectivity index (χ0v) is 8.58. The fourth-order valence-electron chi connectivity index (χ4n) is 1.03. The fraction of sp³-hybridized carbons (Fsp3) is 0.364. The van der Waals surface area contributed by atoms with Crippen molar-refractivity contribution in [3.63, 3.8) is 0 Å². The van der Waals surface area contributed by atoms with Gasteiger partial charge in [0.05, 0.1) is 0 Å². The Labute approximate surface area is 86.1 Å². The van der Waals surface area contributed by atoms with Crippen molar-refractivity contribution in [2.45, 2.75) is 13.8 Å². The summed E-state index contributed by atoms with van der Waals surface area (Å²) in [6.45, 7) is 4.82. The quantitative estimate of drug-likeness (QED) is 0.698. The summed E-state index contributed by atoms with van der Waals surface area (Å²) in [5, 5.41) is 2.84. The molecule has 0 bridgehead atoms. The summed E-state index contributed by atoms with van der Waals surface area (Å²) in [4.78, 5) is 11.5. The molecule has 2 nitrogen and oxygen atoms in total. The van der Waals surface area contributed by atoms with Gasteiger partial charge in [-0.15, -0.1) is 0 Å². The molecule has 0 aliphatic rings. The zero-order valence-electron chi connectivity index (χ0n) is 8.58. The van der Waals surface area contributed by atoms with Gasteiger partial charge in [0, 0.05) is 12.1 Å². The predicted molar refractivity (Wildman–Crippen MR) is 59.0 cm³/mol. The van der Waals surface area contributed by atoms with Crippen molar-refractivity contribution in [3.8, 4) is 0 Å². The van der Waals surface area contributed by atoms with Crippen molar-refractivity contribution in [2.24, 2.45) is 5.92 Å². The van der Waals surface area contributed by atoms with E-state index in [0.29, 0.717) is 23.5 Å². The molecule has 1 N–H and O–H groups in total. The first-order valence-corrected chi connectivity index (χ1v) is 4.73. The van der Waals surface area contributed by atoms with Gasteiger partial charge in [0.25, 0.3) is 5.91 Å². The highest BCUT2D eigenvalue weighted by Crippen LogP contribution is 1.97. The molecule has 0 unspecified atom stereocenters. The maximum Gasteiger partial charge on any atom is 0.251 e. The van der Waals surface area contributed by atoms with Crippen molar-refractivity contribution < 1.29 is 4.79 Å². The van der Waals surface area contributed by atoms with Crippen LogP contribution in [0.3, 0.4) is 0 Å². The molecule has 0 aromatic heterocycles. The van der Waals surface area contributed by atoms with Crippen LogP contribution in [0.4, 0.5) is 0 Å². The third-order valence-corrected chi connectivity index (χ3v) is 1.84. The molecule has 0 saturated carbocycles. The highest BCUT2D eigenvalue weighted by molar-refractivity contribution is 6.32. The smallest absolute Gasteiger partial charge is 0.251 e. The van der Waals surface area contributed by atoms with E-state index in [4.69, 9.17) is 7.85 Å². The highest BCUT2D eigenvalue weighted by Gasteiger charge is 2.04. The lowest BCUT2D eigenvalue weighted by molar-refractivity contribution is 0.0949. The molecule has 0 aliphatic carbocycles. The zero-order chi connectivity index (χ0) is 10.6. The Morgan fingerprint density at radius 3 is 2.43 bits per heavy atom.